The van der Waals surface area contributed by atoms with Crippen LogP contribution in [0.1, 0.15) is 38.9 Å². The molecule has 0 bridgehead atoms. The summed E-state index contributed by atoms with van der Waals surface area (Å²) in [5.74, 6) is 0.109. The Kier molecular flexibility index (Phi) is 4.91. The number of ether oxygens (including phenoxy) is 1. The molecule has 0 fully saturated rings. The molecule has 1 amide bonds. The van der Waals surface area contributed by atoms with Gasteiger partial charge in [-0.15, -0.1) is 0 Å². The Morgan fingerprint density at radius 1 is 1.00 bits per heavy atom. The molecule has 0 saturated carbocycles. The van der Waals surface area contributed by atoms with Gasteiger partial charge < -0.3 is 14.3 Å². The van der Waals surface area contributed by atoms with Crippen LogP contribution in [-0.2, 0) is 0 Å². The lowest BCUT2D eigenvalue weighted by atomic mass is 9.97. The molecule has 7 heteroatoms. The van der Waals surface area contributed by atoms with Crippen LogP contribution in [0.2, 0.25) is 5.02 Å². The number of amides is 1. The van der Waals surface area contributed by atoms with Crippen molar-refractivity contribution < 1.29 is 19.1 Å². The number of phenolic OH excluding ortho intramolecular Hbond substituents is 1. The number of carbonyl (C=O) groups is 1. The van der Waals surface area contributed by atoms with Crippen LogP contribution in [0.25, 0.3) is 11.0 Å². The lowest BCUT2D eigenvalue weighted by molar-refractivity contribution is 0.0971. The van der Waals surface area contributed by atoms with E-state index in [1.807, 2.05) is 13.8 Å². The van der Waals surface area contributed by atoms with Crippen molar-refractivity contribution in [1.29, 1.82) is 0 Å². The Morgan fingerprint density at radius 3 is 2.36 bits per heavy atom. The normalized spacial score (nSPS) is 15.2. The monoisotopic (exact) mass is 461 g/mol. The molecule has 6 nitrogen and oxygen atoms in total. The predicted molar refractivity (Wildman–Crippen MR) is 127 cm³/mol. The van der Waals surface area contributed by atoms with Gasteiger partial charge in [-0.05, 0) is 73.0 Å². The second kappa shape index (κ2) is 7.67. The molecule has 1 atom stereocenters. The number of rotatable bonds is 3. The van der Waals surface area contributed by atoms with Gasteiger partial charge in [-0.25, -0.2) is 0 Å². The van der Waals surface area contributed by atoms with Crippen LogP contribution in [0.15, 0.2) is 63.8 Å². The van der Waals surface area contributed by atoms with E-state index >= 15 is 0 Å². The minimum Gasteiger partial charge on any atom is -0.508 e. The lowest BCUT2D eigenvalue weighted by Crippen LogP contribution is -2.29. The van der Waals surface area contributed by atoms with Crippen molar-refractivity contribution in [3.63, 3.8) is 0 Å². The van der Waals surface area contributed by atoms with Gasteiger partial charge in [0.05, 0.1) is 29.1 Å². The minimum atomic E-state index is -0.750. The first-order chi connectivity index (χ1) is 15.8. The van der Waals surface area contributed by atoms with Crippen LogP contribution < -0.4 is 15.1 Å². The third-order valence-corrected chi connectivity index (χ3v) is 6.40. The first-order valence-corrected chi connectivity index (χ1v) is 10.7. The van der Waals surface area contributed by atoms with Crippen molar-refractivity contribution in [2.24, 2.45) is 0 Å². The summed E-state index contributed by atoms with van der Waals surface area (Å²) in [5, 5.41) is 10.5. The summed E-state index contributed by atoms with van der Waals surface area (Å²) in [7, 11) is 1.51. The Labute approximate surface area is 194 Å². The quantitative estimate of drug-likeness (QED) is 0.434. The van der Waals surface area contributed by atoms with Crippen LogP contribution in [0, 0.1) is 13.8 Å². The summed E-state index contributed by atoms with van der Waals surface area (Å²) in [6, 6.07) is 14.2. The zero-order chi connectivity index (χ0) is 23.4. The van der Waals surface area contributed by atoms with E-state index in [0.29, 0.717) is 33.0 Å². The first kappa shape index (κ1) is 21.1. The molecule has 0 spiro atoms. The van der Waals surface area contributed by atoms with Gasteiger partial charge in [0.1, 0.15) is 17.1 Å². The van der Waals surface area contributed by atoms with E-state index < -0.39 is 11.9 Å². The Hall–Kier alpha value is -3.77. The number of nitrogens with zero attached hydrogens (tertiary/aromatic N) is 1. The number of aryl methyl sites for hydroxylation is 2. The second-order valence-corrected chi connectivity index (χ2v) is 8.50. The SMILES string of the molecule is COc1ccc(N2C(=O)c3oc4cc(C)c(C)cc4c(=O)c3C2c2ccc(O)cc2)cc1Cl. The number of aromatic hydroxyl groups is 1. The van der Waals surface area contributed by atoms with Crippen molar-refractivity contribution >= 4 is 34.2 Å². The average Bonchev–Trinajstić information content (AvgIpc) is 3.08. The zero-order valence-corrected chi connectivity index (χ0v) is 18.9. The molecule has 1 aromatic heterocycles. The molecule has 33 heavy (non-hydrogen) atoms. The summed E-state index contributed by atoms with van der Waals surface area (Å²) in [5.41, 5.74) is 3.43. The van der Waals surface area contributed by atoms with Crippen LogP contribution in [0.4, 0.5) is 5.69 Å². The standard InChI is InChI=1S/C26H20ClNO5/c1-13-10-18-21(11-14(13)2)33-25-22(24(18)30)23(15-4-7-17(29)8-5-15)28(26(25)31)16-6-9-20(32-3)19(27)12-16/h4-12,23,29H,1-3H3. The Morgan fingerprint density at radius 2 is 1.70 bits per heavy atom. The summed E-state index contributed by atoms with van der Waals surface area (Å²) >= 11 is 6.35. The average molecular weight is 462 g/mol. The molecule has 0 saturated heterocycles. The van der Waals surface area contributed by atoms with Crippen LogP contribution in [-0.4, -0.2) is 18.1 Å². The van der Waals surface area contributed by atoms with E-state index in [4.69, 9.17) is 20.8 Å². The predicted octanol–water partition coefficient (Wildman–Crippen LogP) is 5.53. The number of hydrogen-bond acceptors (Lipinski definition) is 5. The largest absolute Gasteiger partial charge is 0.508 e. The van der Waals surface area contributed by atoms with Gasteiger partial charge in [0.25, 0.3) is 5.91 Å². The molecule has 5 rings (SSSR count). The minimum absolute atomic E-state index is 0.000712. The van der Waals surface area contributed by atoms with Crippen LogP contribution >= 0.6 is 11.6 Å². The molecular weight excluding hydrogens is 442 g/mol. The van der Waals surface area contributed by atoms with Crippen molar-refractivity contribution in [2.75, 3.05) is 12.0 Å². The third-order valence-electron chi connectivity index (χ3n) is 6.11. The van der Waals surface area contributed by atoms with Gasteiger partial charge in [-0.3, -0.25) is 14.5 Å². The number of methoxy groups -OCH3 is 1. The van der Waals surface area contributed by atoms with Crippen molar-refractivity contribution in [3.8, 4) is 11.5 Å². The fourth-order valence-electron chi connectivity index (χ4n) is 4.27. The number of phenols is 1. The van der Waals surface area contributed by atoms with E-state index in [9.17, 15) is 14.7 Å². The van der Waals surface area contributed by atoms with E-state index in [0.717, 1.165) is 11.1 Å². The van der Waals surface area contributed by atoms with Crippen molar-refractivity contribution in [2.45, 2.75) is 19.9 Å². The number of fused-ring (bicyclic) bond motifs is 2. The second-order valence-electron chi connectivity index (χ2n) is 8.09. The molecule has 1 unspecified atom stereocenters. The highest BCUT2D eigenvalue weighted by Gasteiger charge is 2.43. The van der Waals surface area contributed by atoms with Crippen LogP contribution in [0.5, 0.6) is 11.5 Å². The van der Waals surface area contributed by atoms with Crippen LogP contribution in [0.3, 0.4) is 0 Å². The smallest absolute Gasteiger partial charge is 0.295 e. The maximum Gasteiger partial charge on any atom is 0.295 e. The molecule has 1 aliphatic rings. The Balaban J connectivity index is 1.80. The van der Waals surface area contributed by atoms with Gasteiger partial charge in [0.2, 0.25) is 5.76 Å². The highest BCUT2D eigenvalue weighted by atomic mass is 35.5. The molecule has 2 heterocycles. The topological polar surface area (TPSA) is 80.0 Å². The van der Waals surface area contributed by atoms with E-state index in [-0.39, 0.29) is 22.5 Å². The summed E-state index contributed by atoms with van der Waals surface area (Å²) in [4.78, 5) is 28.8. The van der Waals surface area contributed by atoms with Gasteiger partial charge in [-0.1, -0.05) is 23.7 Å². The van der Waals surface area contributed by atoms with Crippen molar-refractivity contribution in [3.05, 3.63) is 97.9 Å². The highest BCUT2D eigenvalue weighted by molar-refractivity contribution is 6.32. The molecule has 0 radical (unpaired) electrons. The van der Waals surface area contributed by atoms with Crippen molar-refractivity contribution in [1.82, 2.24) is 0 Å². The molecular formula is C26H20ClNO5. The first-order valence-electron chi connectivity index (χ1n) is 10.3. The van der Waals surface area contributed by atoms with Gasteiger partial charge in [0, 0.05) is 5.69 Å². The van der Waals surface area contributed by atoms with Gasteiger partial charge in [0.15, 0.2) is 5.43 Å². The maximum atomic E-state index is 13.7. The fraction of sp³-hybridized carbons (Fsp3) is 0.154. The third kappa shape index (κ3) is 3.26. The molecule has 3 aromatic carbocycles. The maximum absolute atomic E-state index is 13.7. The van der Waals surface area contributed by atoms with E-state index in [2.05, 4.69) is 0 Å². The molecule has 1 aliphatic heterocycles. The van der Waals surface area contributed by atoms with E-state index in [1.54, 1.807) is 42.5 Å². The number of anilines is 1. The highest BCUT2D eigenvalue weighted by Crippen LogP contribution is 2.43. The Bertz CT molecular complexity index is 1490. The summed E-state index contributed by atoms with van der Waals surface area (Å²) in [6.07, 6.45) is 0. The molecule has 1 N–H and O–H groups in total. The lowest BCUT2D eigenvalue weighted by Gasteiger charge is -2.25. The molecule has 166 valence electrons. The number of benzene rings is 3. The molecule has 4 aromatic rings. The molecule has 0 aliphatic carbocycles. The van der Waals surface area contributed by atoms with E-state index in [1.165, 1.54) is 24.1 Å². The van der Waals surface area contributed by atoms with Gasteiger partial charge in [-0.2, -0.15) is 0 Å². The fourth-order valence-corrected chi connectivity index (χ4v) is 4.52. The van der Waals surface area contributed by atoms with Gasteiger partial charge >= 0.3 is 0 Å². The number of halogens is 1. The zero-order valence-electron chi connectivity index (χ0n) is 18.2. The summed E-state index contributed by atoms with van der Waals surface area (Å²) in [6.45, 7) is 3.85. The number of hydrogen-bond donors (Lipinski definition) is 1. The number of carbonyl (C=O) groups excluding carboxylic acids is 1. The summed E-state index contributed by atoms with van der Waals surface area (Å²) < 4.78 is 11.3.